The van der Waals surface area contributed by atoms with Crippen LogP contribution in [0.2, 0.25) is 5.02 Å². The minimum absolute atomic E-state index is 0.155. The van der Waals surface area contributed by atoms with Gasteiger partial charge < -0.3 is 10.6 Å². The lowest BCUT2D eigenvalue weighted by Gasteiger charge is -2.17. The average molecular weight is 305 g/mol. The molecule has 1 atom stereocenters. The van der Waals surface area contributed by atoms with Crippen LogP contribution in [0.5, 0.6) is 0 Å². The highest BCUT2D eigenvalue weighted by atomic mass is 35.5. The highest BCUT2D eigenvalue weighted by Gasteiger charge is 2.06. The maximum atomic E-state index is 5.85. The lowest BCUT2D eigenvalue weighted by atomic mass is 10.1. The Bertz CT molecular complexity index is 578. The fraction of sp³-hybridized carbons (Fsp3) is 0.188. The number of hydrogen-bond acceptors (Lipinski definition) is 1. The predicted molar refractivity (Wildman–Crippen MR) is 90.4 cm³/mol. The van der Waals surface area contributed by atoms with E-state index in [9.17, 15) is 0 Å². The van der Waals surface area contributed by atoms with Crippen molar-refractivity contribution in [1.29, 1.82) is 0 Å². The molecule has 104 valence electrons. The van der Waals surface area contributed by atoms with Gasteiger partial charge >= 0.3 is 0 Å². The zero-order valence-electron chi connectivity index (χ0n) is 11.5. The van der Waals surface area contributed by atoms with E-state index < -0.39 is 0 Å². The Morgan fingerprint density at radius 1 is 1.05 bits per heavy atom. The molecule has 0 aliphatic rings. The van der Waals surface area contributed by atoms with Gasteiger partial charge in [0, 0.05) is 10.7 Å². The van der Waals surface area contributed by atoms with Gasteiger partial charge in [0.2, 0.25) is 0 Å². The lowest BCUT2D eigenvalue weighted by molar-refractivity contribution is 0.722. The van der Waals surface area contributed by atoms with E-state index in [4.69, 9.17) is 23.8 Å². The molecule has 2 aromatic carbocycles. The van der Waals surface area contributed by atoms with Crippen molar-refractivity contribution in [3.05, 3.63) is 64.7 Å². The summed E-state index contributed by atoms with van der Waals surface area (Å²) in [5.41, 5.74) is 3.38. The van der Waals surface area contributed by atoms with Crippen LogP contribution in [0.3, 0.4) is 0 Å². The summed E-state index contributed by atoms with van der Waals surface area (Å²) in [7, 11) is 0. The summed E-state index contributed by atoms with van der Waals surface area (Å²) in [4.78, 5) is 0. The van der Waals surface area contributed by atoms with E-state index in [1.54, 1.807) is 0 Å². The van der Waals surface area contributed by atoms with Crippen LogP contribution in [0.25, 0.3) is 0 Å². The van der Waals surface area contributed by atoms with Crippen LogP contribution < -0.4 is 10.6 Å². The molecular formula is C16H17ClN2S. The molecule has 2 N–H and O–H groups in total. The van der Waals surface area contributed by atoms with Crippen LogP contribution in [-0.4, -0.2) is 5.11 Å². The molecular weight excluding hydrogens is 288 g/mol. The molecule has 0 saturated heterocycles. The smallest absolute Gasteiger partial charge is 0.171 e. The van der Waals surface area contributed by atoms with Crippen molar-refractivity contribution in [3.8, 4) is 0 Å². The predicted octanol–water partition coefficient (Wildman–Crippen LogP) is 4.70. The van der Waals surface area contributed by atoms with Crippen molar-refractivity contribution in [2.75, 3.05) is 5.32 Å². The molecule has 0 spiro atoms. The second kappa shape index (κ2) is 6.73. The molecule has 0 amide bonds. The standard InChI is InChI=1S/C16H17ClN2S/c1-11-3-5-13(6-4-11)12(2)18-16(20)19-15-9-7-14(17)8-10-15/h3-10,12H,1-2H3,(H2,18,19,20). The number of nitrogens with one attached hydrogen (secondary N) is 2. The van der Waals surface area contributed by atoms with Crippen LogP contribution in [0.4, 0.5) is 5.69 Å². The van der Waals surface area contributed by atoms with Crippen LogP contribution >= 0.6 is 23.8 Å². The first-order valence-electron chi connectivity index (χ1n) is 6.44. The van der Waals surface area contributed by atoms with E-state index in [0.29, 0.717) is 10.1 Å². The van der Waals surface area contributed by atoms with Crippen molar-refractivity contribution in [3.63, 3.8) is 0 Å². The van der Waals surface area contributed by atoms with E-state index in [1.807, 2.05) is 24.3 Å². The molecule has 1 unspecified atom stereocenters. The molecule has 2 nitrogen and oxygen atoms in total. The Hall–Kier alpha value is -1.58. The zero-order valence-corrected chi connectivity index (χ0v) is 13.1. The van der Waals surface area contributed by atoms with Gasteiger partial charge in [-0.3, -0.25) is 0 Å². The molecule has 0 heterocycles. The monoisotopic (exact) mass is 304 g/mol. The molecule has 0 saturated carbocycles. The summed E-state index contributed by atoms with van der Waals surface area (Å²) in [6, 6.07) is 16.0. The molecule has 0 bridgehead atoms. The molecule has 0 aliphatic carbocycles. The van der Waals surface area contributed by atoms with Gasteiger partial charge in [-0.05, 0) is 55.9 Å². The van der Waals surface area contributed by atoms with Crippen molar-refractivity contribution >= 4 is 34.6 Å². The first kappa shape index (κ1) is 14.8. The molecule has 0 fully saturated rings. The van der Waals surface area contributed by atoms with E-state index in [2.05, 4.69) is 48.7 Å². The zero-order chi connectivity index (χ0) is 14.5. The lowest BCUT2D eigenvalue weighted by Crippen LogP contribution is -2.30. The second-order valence-electron chi connectivity index (χ2n) is 4.74. The minimum atomic E-state index is 0.155. The van der Waals surface area contributed by atoms with E-state index in [-0.39, 0.29) is 6.04 Å². The largest absolute Gasteiger partial charge is 0.356 e. The summed E-state index contributed by atoms with van der Waals surface area (Å²) in [5, 5.41) is 7.72. The van der Waals surface area contributed by atoms with E-state index >= 15 is 0 Å². The van der Waals surface area contributed by atoms with E-state index in [0.717, 1.165) is 5.69 Å². The first-order valence-corrected chi connectivity index (χ1v) is 7.23. The molecule has 2 rings (SSSR count). The summed E-state index contributed by atoms with van der Waals surface area (Å²) in [6.07, 6.45) is 0. The highest BCUT2D eigenvalue weighted by molar-refractivity contribution is 7.80. The molecule has 2 aromatic rings. The number of hydrogen-bond donors (Lipinski definition) is 2. The maximum absolute atomic E-state index is 5.85. The fourth-order valence-electron chi connectivity index (χ4n) is 1.84. The summed E-state index contributed by atoms with van der Waals surface area (Å²) in [5.74, 6) is 0. The summed E-state index contributed by atoms with van der Waals surface area (Å²) >= 11 is 11.2. The summed E-state index contributed by atoms with van der Waals surface area (Å²) in [6.45, 7) is 4.16. The Morgan fingerprint density at radius 2 is 1.65 bits per heavy atom. The topological polar surface area (TPSA) is 24.1 Å². The van der Waals surface area contributed by atoms with Gasteiger partial charge in [-0.25, -0.2) is 0 Å². The highest BCUT2D eigenvalue weighted by Crippen LogP contribution is 2.15. The normalized spacial score (nSPS) is 11.8. The number of aryl methyl sites for hydroxylation is 1. The van der Waals surface area contributed by atoms with Gasteiger partial charge in [-0.15, -0.1) is 0 Å². The third kappa shape index (κ3) is 4.22. The summed E-state index contributed by atoms with van der Waals surface area (Å²) < 4.78 is 0. The van der Waals surface area contributed by atoms with Gasteiger partial charge in [0.15, 0.2) is 5.11 Å². The molecule has 0 radical (unpaired) electrons. The maximum Gasteiger partial charge on any atom is 0.171 e. The van der Waals surface area contributed by atoms with Crippen molar-refractivity contribution in [2.24, 2.45) is 0 Å². The van der Waals surface area contributed by atoms with Crippen molar-refractivity contribution in [2.45, 2.75) is 19.9 Å². The fourth-order valence-corrected chi connectivity index (χ4v) is 2.26. The molecule has 4 heteroatoms. The Morgan fingerprint density at radius 3 is 2.25 bits per heavy atom. The Labute approximate surface area is 130 Å². The minimum Gasteiger partial charge on any atom is -0.356 e. The van der Waals surface area contributed by atoms with Crippen molar-refractivity contribution < 1.29 is 0 Å². The molecule has 20 heavy (non-hydrogen) atoms. The number of anilines is 1. The number of halogens is 1. The Kier molecular flexibility index (Phi) is 4.99. The van der Waals surface area contributed by atoms with Gasteiger partial charge in [0.05, 0.1) is 6.04 Å². The Balaban J connectivity index is 1.93. The quantitative estimate of drug-likeness (QED) is 0.804. The second-order valence-corrected chi connectivity index (χ2v) is 5.58. The number of rotatable bonds is 3. The van der Waals surface area contributed by atoms with Crippen molar-refractivity contribution in [1.82, 2.24) is 5.32 Å². The van der Waals surface area contributed by atoms with E-state index in [1.165, 1.54) is 11.1 Å². The van der Waals surface area contributed by atoms with Gasteiger partial charge in [-0.1, -0.05) is 41.4 Å². The molecule has 0 aliphatic heterocycles. The van der Waals surface area contributed by atoms with Gasteiger partial charge in [0.25, 0.3) is 0 Å². The van der Waals surface area contributed by atoms with Crippen LogP contribution in [-0.2, 0) is 0 Å². The average Bonchev–Trinajstić information content (AvgIpc) is 2.42. The number of benzene rings is 2. The molecule has 0 aromatic heterocycles. The third-order valence-corrected chi connectivity index (χ3v) is 3.50. The van der Waals surface area contributed by atoms with Gasteiger partial charge in [-0.2, -0.15) is 0 Å². The SMILES string of the molecule is Cc1ccc(C(C)NC(=S)Nc2ccc(Cl)cc2)cc1. The van der Waals surface area contributed by atoms with Crippen LogP contribution in [0, 0.1) is 6.92 Å². The van der Waals surface area contributed by atoms with Crippen LogP contribution in [0.15, 0.2) is 48.5 Å². The first-order chi connectivity index (χ1) is 9.54. The van der Waals surface area contributed by atoms with Crippen LogP contribution in [0.1, 0.15) is 24.1 Å². The number of thiocarbonyl (C=S) groups is 1. The van der Waals surface area contributed by atoms with Gasteiger partial charge in [0.1, 0.15) is 0 Å². The third-order valence-electron chi connectivity index (χ3n) is 3.03.